The summed E-state index contributed by atoms with van der Waals surface area (Å²) in [6.45, 7) is 0.410. The van der Waals surface area contributed by atoms with Crippen molar-refractivity contribution in [2.24, 2.45) is 0 Å². The first kappa shape index (κ1) is 13.8. The van der Waals surface area contributed by atoms with Gasteiger partial charge in [-0.15, -0.1) is 0 Å². The molecular weight excluding hydrogens is 269 g/mol. The smallest absolute Gasteiger partial charge is 0.231 e. The standard InChI is InChI=1S/C16H18FN3O/c1-20(9-11-4-2-5-12(17)8-11)16(21)13-6-3-7-14-15(13)19-10-18-14/h2,4-5,8,10,13H,3,6-7,9H2,1H3,(H,18,19). The molecule has 0 fully saturated rings. The molecule has 0 saturated carbocycles. The van der Waals surface area contributed by atoms with Crippen LogP contribution in [0.5, 0.6) is 0 Å². The van der Waals surface area contributed by atoms with E-state index in [1.165, 1.54) is 12.1 Å². The van der Waals surface area contributed by atoms with Gasteiger partial charge in [-0.25, -0.2) is 9.37 Å². The van der Waals surface area contributed by atoms with Gasteiger partial charge in [-0.1, -0.05) is 12.1 Å². The van der Waals surface area contributed by atoms with Crippen LogP contribution in [0, 0.1) is 5.82 Å². The van der Waals surface area contributed by atoms with Crippen LogP contribution in [-0.2, 0) is 17.8 Å². The molecule has 110 valence electrons. The molecule has 5 heteroatoms. The third-order valence-electron chi connectivity index (χ3n) is 3.98. The predicted molar refractivity (Wildman–Crippen MR) is 77.1 cm³/mol. The SMILES string of the molecule is CN(Cc1cccc(F)c1)C(=O)C1CCCc2[nH]cnc21. The Morgan fingerprint density at radius 3 is 3.19 bits per heavy atom. The second-order valence-corrected chi connectivity index (χ2v) is 5.54. The largest absolute Gasteiger partial charge is 0.348 e. The number of imidazole rings is 1. The molecule has 0 radical (unpaired) electrons. The fourth-order valence-corrected chi connectivity index (χ4v) is 2.95. The fourth-order valence-electron chi connectivity index (χ4n) is 2.95. The van der Waals surface area contributed by atoms with Gasteiger partial charge in [0.25, 0.3) is 0 Å². The first-order valence-corrected chi connectivity index (χ1v) is 7.16. The Morgan fingerprint density at radius 2 is 2.38 bits per heavy atom. The van der Waals surface area contributed by atoms with Crippen molar-refractivity contribution in [3.8, 4) is 0 Å². The third-order valence-corrected chi connectivity index (χ3v) is 3.98. The maximum Gasteiger partial charge on any atom is 0.231 e. The molecule has 1 aliphatic rings. The number of H-pyrrole nitrogens is 1. The van der Waals surface area contributed by atoms with Gasteiger partial charge in [0.15, 0.2) is 0 Å². The van der Waals surface area contributed by atoms with Gasteiger partial charge in [0.05, 0.1) is 17.9 Å². The van der Waals surface area contributed by atoms with Crippen molar-refractivity contribution in [2.75, 3.05) is 7.05 Å². The highest BCUT2D eigenvalue weighted by Gasteiger charge is 2.30. The van der Waals surface area contributed by atoms with Crippen molar-refractivity contribution in [2.45, 2.75) is 31.7 Å². The lowest BCUT2D eigenvalue weighted by Crippen LogP contribution is -2.33. The summed E-state index contributed by atoms with van der Waals surface area (Å²) in [5, 5.41) is 0. The Hall–Kier alpha value is -2.17. The van der Waals surface area contributed by atoms with Gasteiger partial charge < -0.3 is 9.88 Å². The maximum absolute atomic E-state index is 13.2. The number of fused-ring (bicyclic) bond motifs is 1. The lowest BCUT2D eigenvalue weighted by Gasteiger charge is -2.26. The van der Waals surface area contributed by atoms with E-state index in [0.717, 1.165) is 36.2 Å². The molecule has 1 aliphatic carbocycles. The number of halogens is 1. The number of aromatic nitrogens is 2. The molecule has 3 rings (SSSR count). The number of nitrogens with zero attached hydrogens (tertiary/aromatic N) is 2. The van der Waals surface area contributed by atoms with Crippen LogP contribution in [0.3, 0.4) is 0 Å². The lowest BCUT2D eigenvalue weighted by atomic mass is 9.89. The number of aryl methyl sites for hydroxylation is 1. The normalized spacial score (nSPS) is 17.3. The number of rotatable bonds is 3. The summed E-state index contributed by atoms with van der Waals surface area (Å²) in [5.41, 5.74) is 2.74. The van der Waals surface area contributed by atoms with Crippen LogP contribution in [0.1, 0.15) is 35.7 Å². The monoisotopic (exact) mass is 287 g/mol. The third kappa shape index (κ3) is 2.82. The van der Waals surface area contributed by atoms with Crippen molar-refractivity contribution in [1.82, 2.24) is 14.9 Å². The van der Waals surface area contributed by atoms with Gasteiger partial charge in [0.1, 0.15) is 5.82 Å². The highest BCUT2D eigenvalue weighted by atomic mass is 19.1. The molecule has 1 atom stereocenters. The van der Waals surface area contributed by atoms with E-state index in [1.54, 1.807) is 24.3 Å². The minimum absolute atomic E-state index is 0.0484. The molecule has 0 spiro atoms. The van der Waals surface area contributed by atoms with E-state index in [2.05, 4.69) is 9.97 Å². The molecule has 4 nitrogen and oxygen atoms in total. The molecular formula is C16H18FN3O. The molecule has 0 saturated heterocycles. The van der Waals surface area contributed by atoms with Crippen LogP contribution in [0.15, 0.2) is 30.6 Å². The number of carbonyl (C=O) groups excluding carboxylic acids is 1. The maximum atomic E-state index is 13.2. The number of hydrogen-bond acceptors (Lipinski definition) is 2. The molecule has 2 aromatic rings. The van der Waals surface area contributed by atoms with Crippen molar-refractivity contribution in [3.63, 3.8) is 0 Å². The highest BCUT2D eigenvalue weighted by Crippen LogP contribution is 2.30. The van der Waals surface area contributed by atoms with E-state index in [4.69, 9.17) is 0 Å². The summed E-state index contributed by atoms with van der Waals surface area (Å²) in [5.74, 6) is -0.411. The molecule has 1 heterocycles. The van der Waals surface area contributed by atoms with Crippen molar-refractivity contribution >= 4 is 5.91 Å². The number of nitrogens with one attached hydrogen (secondary N) is 1. The van der Waals surface area contributed by atoms with Crippen molar-refractivity contribution < 1.29 is 9.18 Å². The molecule has 1 aromatic carbocycles. The summed E-state index contributed by atoms with van der Waals surface area (Å²) < 4.78 is 13.2. The summed E-state index contributed by atoms with van der Waals surface area (Å²) in [6, 6.07) is 6.36. The van der Waals surface area contributed by atoms with Crippen LogP contribution in [0.2, 0.25) is 0 Å². The van der Waals surface area contributed by atoms with Crippen LogP contribution in [-0.4, -0.2) is 27.8 Å². The number of amides is 1. The Bertz CT molecular complexity index is 652. The van der Waals surface area contributed by atoms with Gasteiger partial charge in [-0.3, -0.25) is 4.79 Å². The predicted octanol–water partition coefficient (Wildman–Crippen LogP) is 2.63. The van der Waals surface area contributed by atoms with E-state index in [0.29, 0.717) is 6.54 Å². The summed E-state index contributed by atoms with van der Waals surface area (Å²) >= 11 is 0. The summed E-state index contributed by atoms with van der Waals surface area (Å²) in [7, 11) is 1.76. The lowest BCUT2D eigenvalue weighted by molar-refractivity contribution is -0.132. The van der Waals surface area contributed by atoms with E-state index in [1.807, 2.05) is 6.07 Å². The zero-order chi connectivity index (χ0) is 14.8. The number of aromatic amines is 1. The number of likely N-dealkylation sites (N-methyl/N-ethyl adjacent to an activating group) is 1. The zero-order valence-corrected chi connectivity index (χ0v) is 12.0. The van der Waals surface area contributed by atoms with E-state index in [-0.39, 0.29) is 17.6 Å². The van der Waals surface area contributed by atoms with Crippen molar-refractivity contribution in [1.29, 1.82) is 0 Å². The van der Waals surface area contributed by atoms with E-state index in [9.17, 15) is 9.18 Å². The molecule has 0 bridgehead atoms. The van der Waals surface area contributed by atoms with Gasteiger partial charge in [-0.2, -0.15) is 0 Å². The number of carbonyl (C=O) groups is 1. The Kier molecular flexibility index (Phi) is 3.73. The van der Waals surface area contributed by atoms with Gasteiger partial charge in [0, 0.05) is 19.3 Å². The number of benzene rings is 1. The average molecular weight is 287 g/mol. The fraction of sp³-hybridized carbons (Fsp3) is 0.375. The molecule has 1 N–H and O–H groups in total. The molecule has 21 heavy (non-hydrogen) atoms. The molecule has 1 aromatic heterocycles. The van der Waals surface area contributed by atoms with Gasteiger partial charge in [0.2, 0.25) is 5.91 Å². The molecule has 0 aliphatic heterocycles. The average Bonchev–Trinajstić information content (AvgIpc) is 2.94. The molecule has 1 amide bonds. The topological polar surface area (TPSA) is 49.0 Å². The zero-order valence-electron chi connectivity index (χ0n) is 12.0. The Morgan fingerprint density at radius 1 is 1.52 bits per heavy atom. The second-order valence-electron chi connectivity index (χ2n) is 5.54. The van der Waals surface area contributed by atoms with Crippen LogP contribution < -0.4 is 0 Å². The first-order valence-electron chi connectivity index (χ1n) is 7.16. The quantitative estimate of drug-likeness (QED) is 0.943. The van der Waals surface area contributed by atoms with Crippen LogP contribution >= 0.6 is 0 Å². The van der Waals surface area contributed by atoms with Gasteiger partial charge >= 0.3 is 0 Å². The Labute approximate surface area is 123 Å². The second kappa shape index (κ2) is 5.68. The minimum atomic E-state index is -0.277. The Balaban J connectivity index is 1.74. The van der Waals surface area contributed by atoms with Crippen LogP contribution in [0.25, 0.3) is 0 Å². The molecule has 1 unspecified atom stereocenters. The van der Waals surface area contributed by atoms with E-state index >= 15 is 0 Å². The van der Waals surface area contributed by atoms with E-state index < -0.39 is 0 Å². The summed E-state index contributed by atoms with van der Waals surface area (Å²) in [6.07, 6.45) is 4.42. The first-order chi connectivity index (χ1) is 10.1. The number of hydrogen-bond donors (Lipinski definition) is 1. The van der Waals surface area contributed by atoms with Crippen LogP contribution in [0.4, 0.5) is 4.39 Å². The van der Waals surface area contributed by atoms with Crippen molar-refractivity contribution in [3.05, 3.63) is 53.4 Å². The summed E-state index contributed by atoms with van der Waals surface area (Å²) in [4.78, 5) is 21.7. The minimum Gasteiger partial charge on any atom is -0.348 e. The highest BCUT2D eigenvalue weighted by molar-refractivity contribution is 5.83. The van der Waals surface area contributed by atoms with Gasteiger partial charge in [-0.05, 0) is 37.0 Å².